The number of carbonyl (C=O) groups excluding carboxylic acids is 1. The van der Waals surface area contributed by atoms with Gasteiger partial charge in [0, 0.05) is 3.57 Å². The molecule has 1 aromatic rings. The average Bonchev–Trinajstić information content (AvgIpc) is 2.04. The Morgan fingerprint density at radius 1 is 1.58 bits per heavy atom. The van der Waals surface area contributed by atoms with Gasteiger partial charge >= 0.3 is 0 Å². The predicted molar refractivity (Wildman–Crippen MR) is 57.1 cm³/mol. The minimum Gasteiger partial charge on any atom is -0.366 e. The molecule has 0 aliphatic carbocycles. The van der Waals surface area contributed by atoms with Gasteiger partial charge in [-0.05, 0) is 40.6 Å². The molecular weight excluding hydrogens is 265 g/mol. The van der Waals surface area contributed by atoms with Gasteiger partial charge in [-0.3, -0.25) is 4.79 Å². The highest BCUT2D eigenvalue weighted by Gasteiger charge is 2.07. The van der Waals surface area contributed by atoms with Crippen molar-refractivity contribution in [3.8, 4) is 0 Å². The van der Waals surface area contributed by atoms with E-state index in [4.69, 9.17) is 5.73 Å². The third kappa shape index (κ3) is 1.77. The lowest BCUT2D eigenvalue weighted by atomic mass is 10.1. The van der Waals surface area contributed by atoms with Crippen LogP contribution in [-0.4, -0.2) is 5.91 Å². The third-order valence-electron chi connectivity index (χ3n) is 1.73. The van der Waals surface area contributed by atoms with E-state index in [0.717, 1.165) is 9.99 Å². The van der Waals surface area contributed by atoms with Gasteiger partial charge in [0.15, 0.2) is 0 Å². The summed E-state index contributed by atoms with van der Waals surface area (Å²) in [6, 6.07) is 5.62. The van der Waals surface area contributed by atoms with Gasteiger partial charge in [-0.2, -0.15) is 0 Å². The lowest BCUT2D eigenvalue weighted by molar-refractivity contribution is 0.0999. The quantitative estimate of drug-likeness (QED) is 0.824. The van der Waals surface area contributed by atoms with Gasteiger partial charge in [-0.15, -0.1) is 0 Å². The van der Waals surface area contributed by atoms with E-state index in [1.165, 1.54) is 5.56 Å². The van der Waals surface area contributed by atoms with E-state index in [2.05, 4.69) is 29.5 Å². The third-order valence-corrected chi connectivity index (χ3v) is 3.00. The Labute approximate surface area is 85.3 Å². The number of benzene rings is 1. The zero-order chi connectivity index (χ0) is 9.14. The maximum Gasteiger partial charge on any atom is 0.249 e. The first-order valence-corrected chi connectivity index (χ1v) is 4.82. The van der Waals surface area contributed by atoms with Crippen molar-refractivity contribution in [3.63, 3.8) is 0 Å². The molecule has 0 unspecified atom stereocenters. The van der Waals surface area contributed by atoms with E-state index in [-0.39, 0.29) is 5.91 Å². The van der Waals surface area contributed by atoms with Gasteiger partial charge in [0.1, 0.15) is 0 Å². The number of halogens is 1. The van der Waals surface area contributed by atoms with Crippen molar-refractivity contribution in [2.75, 3.05) is 0 Å². The number of aryl methyl sites for hydroxylation is 1. The lowest BCUT2D eigenvalue weighted by Crippen LogP contribution is -2.13. The summed E-state index contributed by atoms with van der Waals surface area (Å²) in [5.41, 5.74) is 6.99. The van der Waals surface area contributed by atoms with Gasteiger partial charge < -0.3 is 5.73 Å². The van der Waals surface area contributed by atoms with Gasteiger partial charge in [-0.1, -0.05) is 19.1 Å². The molecule has 0 aliphatic rings. The summed E-state index contributed by atoms with van der Waals surface area (Å²) in [6.07, 6.45) is 0.930. The largest absolute Gasteiger partial charge is 0.366 e. The van der Waals surface area contributed by atoms with Crippen molar-refractivity contribution < 1.29 is 4.79 Å². The predicted octanol–water partition coefficient (Wildman–Crippen LogP) is 1.95. The number of nitrogens with two attached hydrogens (primary N) is 1. The molecule has 0 aromatic heterocycles. The Kier molecular flexibility index (Phi) is 3.08. The number of hydrogen-bond acceptors (Lipinski definition) is 1. The van der Waals surface area contributed by atoms with Crippen LogP contribution < -0.4 is 5.73 Å². The minimum atomic E-state index is -0.352. The van der Waals surface area contributed by atoms with Crippen molar-refractivity contribution in [2.24, 2.45) is 5.73 Å². The average molecular weight is 275 g/mol. The van der Waals surface area contributed by atoms with Gasteiger partial charge in [0.2, 0.25) is 5.91 Å². The molecule has 1 rings (SSSR count). The second-order valence-corrected chi connectivity index (χ2v) is 3.58. The Morgan fingerprint density at radius 3 is 2.75 bits per heavy atom. The monoisotopic (exact) mass is 275 g/mol. The summed E-state index contributed by atoms with van der Waals surface area (Å²) >= 11 is 2.16. The molecule has 12 heavy (non-hydrogen) atoms. The van der Waals surface area contributed by atoms with Crippen LogP contribution in [0, 0.1) is 3.57 Å². The molecule has 2 nitrogen and oxygen atoms in total. The first-order valence-electron chi connectivity index (χ1n) is 3.74. The number of hydrogen-bond donors (Lipinski definition) is 1. The molecule has 0 bridgehead atoms. The van der Waals surface area contributed by atoms with E-state index < -0.39 is 0 Å². The van der Waals surface area contributed by atoms with Crippen LogP contribution in [0.15, 0.2) is 18.2 Å². The molecule has 0 atom stereocenters. The van der Waals surface area contributed by atoms with Crippen LogP contribution in [0.25, 0.3) is 0 Å². The van der Waals surface area contributed by atoms with Crippen molar-refractivity contribution in [1.29, 1.82) is 0 Å². The van der Waals surface area contributed by atoms with E-state index >= 15 is 0 Å². The zero-order valence-corrected chi connectivity index (χ0v) is 8.96. The lowest BCUT2D eigenvalue weighted by Gasteiger charge is -2.04. The van der Waals surface area contributed by atoms with Gasteiger partial charge in [-0.25, -0.2) is 0 Å². The summed E-state index contributed by atoms with van der Waals surface area (Å²) in [6.45, 7) is 2.06. The highest BCUT2D eigenvalue weighted by Crippen LogP contribution is 2.17. The van der Waals surface area contributed by atoms with Crippen LogP contribution in [0.4, 0.5) is 0 Å². The first kappa shape index (κ1) is 9.51. The molecule has 0 heterocycles. The molecule has 0 fully saturated rings. The summed E-state index contributed by atoms with van der Waals surface area (Å²) in [7, 11) is 0. The summed E-state index contributed by atoms with van der Waals surface area (Å²) in [4.78, 5) is 10.9. The van der Waals surface area contributed by atoms with Crippen LogP contribution >= 0.6 is 22.6 Å². The van der Waals surface area contributed by atoms with Crippen LogP contribution in [-0.2, 0) is 6.42 Å². The number of rotatable bonds is 2. The van der Waals surface area contributed by atoms with E-state index in [1.54, 1.807) is 6.07 Å². The minimum absolute atomic E-state index is 0.352. The smallest absolute Gasteiger partial charge is 0.249 e. The summed E-state index contributed by atoms with van der Waals surface area (Å²) in [5, 5.41) is 0. The standard InChI is InChI=1S/C9H10INO/c1-2-6-4-3-5-7(8(6)10)9(11)12/h3-5H,2H2,1H3,(H2,11,12). The first-order chi connectivity index (χ1) is 5.66. The Morgan fingerprint density at radius 2 is 2.25 bits per heavy atom. The van der Waals surface area contributed by atoms with Crippen molar-refractivity contribution in [1.82, 2.24) is 0 Å². The molecule has 0 aliphatic heterocycles. The number of primary amides is 1. The topological polar surface area (TPSA) is 43.1 Å². The molecule has 64 valence electrons. The van der Waals surface area contributed by atoms with E-state index in [1.807, 2.05) is 12.1 Å². The van der Waals surface area contributed by atoms with Gasteiger partial charge in [0.25, 0.3) is 0 Å². The molecule has 3 heteroatoms. The fourth-order valence-electron chi connectivity index (χ4n) is 1.04. The maximum absolute atomic E-state index is 10.9. The SMILES string of the molecule is CCc1cccc(C(N)=O)c1I. The second kappa shape index (κ2) is 3.89. The number of amides is 1. The molecule has 2 N–H and O–H groups in total. The molecule has 0 spiro atoms. The second-order valence-electron chi connectivity index (χ2n) is 2.50. The Bertz CT molecular complexity index is 309. The van der Waals surface area contributed by atoms with Crippen LogP contribution in [0.3, 0.4) is 0 Å². The molecular formula is C9H10INO. The molecule has 1 aromatic carbocycles. The van der Waals surface area contributed by atoms with Crippen LogP contribution in [0.5, 0.6) is 0 Å². The van der Waals surface area contributed by atoms with Crippen LogP contribution in [0.2, 0.25) is 0 Å². The zero-order valence-electron chi connectivity index (χ0n) is 6.80. The number of carbonyl (C=O) groups is 1. The van der Waals surface area contributed by atoms with E-state index in [9.17, 15) is 4.79 Å². The normalized spacial score (nSPS) is 9.83. The highest BCUT2D eigenvalue weighted by molar-refractivity contribution is 14.1. The molecule has 0 radical (unpaired) electrons. The van der Waals surface area contributed by atoms with Crippen LogP contribution in [0.1, 0.15) is 22.8 Å². The fourth-order valence-corrected chi connectivity index (χ4v) is 2.05. The Hall–Kier alpha value is -0.580. The Balaban J connectivity index is 3.23. The van der Waals surface area contributed by atoms with E-state index in [0.29, 0.717) is 5.56 Å². The molecule has 0 saturated heterocycles. The highest BCUT2D eigenvalue weighted by atomic mass is 127. The van der Waals surface area contributed by atoms with Crippen molar-refractivity contribution in [3.05, 3.63) is 32.9 Å². The van der Waals surface area contributed by atoms with Crippen molar-refractivity contribution >= 4 is 28.5 Å². The summed E-state index contributed by atoms with van der Waals surface area (Å²) in [5.74, 6) is -0.352. The molecule has 1 amide bonds. The van der Waals surface area contributed by atoms with Crippen molar-refractivity contribution in [2.45, 2.75) is 13.3 Å². The maximum atomic E-state index is 10.9. The fraction of sp³-hybridized carbons (Fsp3) is 0.222. The summed E-state index contributed by atoms with van der Waals surface area (Å²) < 4.78 is 0.977. The van der Waals surface area contributed by atoms with Gasteiger partial charge in [0.05, 0.1) is 5.56 Å². The molecule has 0 saturated carbocycles.